The first-order valence-electron chi connectivity index (χ1n) is 7.48. The smallest absolute Gasteiger partial charge is 0.128 e. The molecule has 0 spiro atoms. The minimum Gasteiger partial charge on any atom is -0.389 e. The van der Waals surface area contributed by atoms with E-state index in [1.807, 2.05) is 12.1 Å². The molecule has 1 aromatic rings. The molecule has 1 heterocycles. The molecule has 0 radical (unpaired) electrons. The molecule has 1 aromatic heterocycles. The SMILES string of the molecule is CC(O)c1ccnc(N(C)CC2CC3CCC2C3)c1. The summed E-state index contributed by atoms with van der Waals surface area (Å²) < 4.78 is 0. The zero-order valence-electron chi connectivity index (χ0n) is 11.9. The van der Waals surface area contributed by atoms with Crippen LogP contribution in [0.2, 0.25) is 0 Å². The molecular weight excluding hydrogens is 236 g/mol. The Kier molecular flexibility index (Phi) is 3.48. The molecule has 0 aromatic carbocycles. The van der Waals surface area contributed by atoms with E-state index < -0.39 is 6.10 Å². The van der Waals surface area contributed by atoms with E-state index in [0.29, 0.717) is 0 Å². The second-order valence-corrected chi connectivity index (χ2v) is 6.44. The van der Waals surface area contributed by atoms with E-state index in [1.54, 1.807) is 13.1 Å². The quantitative estimate of drug-likeness (QED) is 0.904. The normalized spacial score (nSPS) is 30.6. The Labute approximate surface area is 115 Å². The van der Waals surface area contributed by atoms with Crippen LogP contribution < -0.4 is 4.90 Å². The molecule has 1 N–H and O–H groups in total. The van der Waals surface area contributed by atoms with Crippen LogP contribution in [0.15, 0.2) is 18.3 Å². The number of aliphatic hydroxyl groups is 1. The summed E-state index contributed by atoms with van der Waals surface area (Å²) in [6.07, 6.45) is 7.14. The molecule has 19 heavy (non-hydrogen) atoms. The zero-order valence-corrected chi connectivity index (χ0v) is 11.9. The van der Waals surface area contributed by atoms with Gasteiger partial charge in [0.05, 0.1) is 6.10 Å². The van der Waals surface area contributed by atoms with Crippen molar-refractivity contribution in [2.45, 2.75) is 38.7 Å². The van der Waals surface area contributed by atoms with E-state index in [1.165, 1.54) is 25.7 Å². The fourth-order valence-electron chi connectivity index (χ4n) is 3.95. The van der Waals surface area contributed by atoms with E-state index in [4.69, 9.17) is 0 Å². The van der Waals surface area contributed by atoms with Crippen LogP contribution in [-0.2, 0) is 0 Å². The van der Waals surface area contributed by atoms with E-state index >= 15 is 0 Å². The highest BCUT2D eigenvalue weighted by Gasteiger charge is 2.39. The van der Waals surface area contributed by atoms with Gasteiger partial charge in [-0.15, -0.1) is 0 Å². The number of aliphatic hydroxyl groups excluding tert-OH is 1. The van der Waals surface area contributed by atoms with Gasteiger partial charge in [0.15, 0.2) is 0 Å². The monoisotopic (exact) mass is 260 g/mol. The van der Waals surface area contributed by atoms with Gasteiger partial charge in [-0.25, -0.2) is 4.98 Å². The van der Waals surface area contributed by atoms with Crippen molar-refractivity contribution in [3.8, 4) is 0 Å². The van der Waals surface area contributed by atoms with Gasteiger partial charge in [-0.05, 0) is 61.6 Å². The van der Waals surface area contributed by atoms with E-state index in [9.17, 15) is 5.11 Å². The fraction of sp³-hybridized carbons (Fsp3) is 0.688. The van der Waals surface area contributed by atoms with Gasteiger partial charge in [-0.1, -0.05) is 6.42 Å². The molecule has 104 valence electrons. The molecule has 3 rings (SSSR count). The van der Waals surface area contributed by atoms with Crippen LogP contribution in [0.3, 0.4) is 0 Å². The van der Waals surface area contributed by atoms with Crippen LogP contribution in [0.1, 0.15) is 44.3 Å². The third-order valence-electron chi connectivity index (χ3n) is 5.04. The first-order valence-corrected chi connectivity index (χ1v) is 7.48. The lowest BCUT2D eigenvalue weighted by Gasteiger charge is -2.28. The molecule has 0 saturated heterocycles. The number of hydrogen-bond donors (Lipinski definition) is 1. The predicted molar refractivity (Wildman–Crippen MR) is 77.1 cm³/mol. The Balaban J connectivity index is 1.66. The summed E-state index contributed by atoms with van der Waals surface area (Å²) in [5.74, 6) is 3.79. The maximum Gasteiger partial charge on any atom is 0.128 e. The van der Waals surface area contributed by atoms with E-state index in [2.05, 4.69) is 16.9 Å². The molecule has 2 fully saturated rings. The van der Waals surface area contributed by atoms with Crippen molar-refractivity contribution in [2.24, 2.45) is 17.8 Å². The van der Waals surface area contributed by atoms with Gasteiger partial charge < -0.3 is 10.0 Å². The molecule has 3 nitrogen and oxygen atoms in total. The summed E-state index contributed by atoms with van der Waals surface area (Å²) in [7, 11) is 2.13. The molecule has 2 bridgehead atoms. The average molecular weight is 260 g/mol. The van der Waals surface area contributed by atoms with Gasteiger partial charge in [0, 0.05) is 19.8 Å². The van der Waals surface area contributed by atoms with Crippen LogP contribution in [0, 0.1) is 17.8 Å². The molecule has 4 atom stereocenters. The number of hydrogen-bond acceptors (Lipinski definition) is 3. The Morgan fingerprint density at radius 3 is 2.89 bits per heavy atom. The van der Waals surface area contributed by atoms with Crippen LogP contribution in [-0.4, -0.2) is 23.7 Å². The molecular formula is C16H24N2O. The summed E-state index contributed by atoms with van der Waals surface area (Å²) in [4.78, 5) is 6.70. The van der Waals surface area contributed by atoms with Crippen molar-refractivity contribution in [2.75, 3.05) is 18.5 Å². The lowest BCUT2D eigenvalue weighted by Crippen LogP contribution is -2.29. The van der Waals surface area contributed by atoms with Gasteiger partial charge in [0.2, 0.25) is 0 Å². The number of rotatable bonds is 4. The largest absolute Gasteiger partial charge is 0.389 e. The summed E-state index contributed by atoms with van der Waals surface area (Å²) in [5.41, 5.74) is 0.949. The molecule has 2 aliphatic rings. The fourth-order valence-corrected chi connectivity index (χ4v) is 3.95. The standard InChI is InChI=1S/C16H24N2O/c1-11(19)13-5-6-17-16(9-13)18(2)10-15-8-12-3-4-14(15)7-12/h5-6,9,11-12,14-15,19H,3-4,7-8,10H2,1-2H3. The molecule has 0 aliphatic heterocycles. The van der Waals surface area contributed by atoms with Gasteiger partial charge in [0.1, 0.15) is 5.82 Å². The number of aromatic nitrogens is 1. The van der Waals surface area contributed by atoms with Gasteiger partial charge in [-0.3, -0.25) is 0 Å². The van der Waals surface area contributed by atoms with Crippen LogP contribution in [0.25, 0.3) is 0 Å². The van der Waals surface area contributed by atoms with Gasteiger partial charge >= 0.3 is 0 Å². The first kappa shape index (κ1) is 12.9. The van der Waals surface area contributed by atoms with E-state index in [-0.39, 0.29) is 0 Å². The Bertz CT molecular complexity index is 446. The van der Waals surface area contributed by atoms with Crippen LogP contribution in [0.5, 0.6) is 0 Å². The van der Waals surface area contributed by atoms with E-state index in [0.717, 1.165) is 35.7 Å². The highest BCUT2D eigenvalue weighted by atomic mass is 16.3. The topological polar surface area (TPSA) is 36.4 Å². The van der Waals surface area contributed by atoms with Crippen molar-refractivity contribution in [1.29, 1.82) is 0 Å². The van der Waals surface area contributed by atoms with Crippen LogP contribution in [0.4, 0.5) is 5.82 Å². The summed E-state index contributed by atoms with van der Waals surface area (Å²) in [5, 5.41) is 9.65. The average Bonchev–Trinajstić information content (AvgIpc) is 3.01. The second-order valence-electron chi connectivity index (χ2n) is 6.44. The molecule has 3 heteroatoms. The highest BCUT2D eigenvalue weighted by Crippen LogP contribution is 2.48. The maximum absolute atomic E-state index is 9.65. The van der Waals surface area contributed by atoms with Gasteiger partial charge in [-0.2, -0.15) is 0 Å². The number of nitrogens with zero attached hydrogens (tertiary/aromatic N) is 2. The number of anilines is 1. The molecule has 0 amide bonds. The van der Waals surface area contributed by atoms with Crippen molar-refractivity contribution in [3.05, 3.63) is 23.9 Å². The van der Waals surface area contributed by atoms with Crippen molar-refractivity contribution < 1.29 is 5.11 Å². The number of fused-ring (bicyclic) bond motifs is 2. The zero-order chi connectivity index (χ0) is 13.4. The summed E-state index contributed by atoms with van der Waals surface area (Å²) in [6.45, 7) is 2.91. The molecule has 4 unspecified atom stereocenters. The number of pyridine rings is 1. The first-order chi connectivity index (χ1) is 9.13. The molecule has 2 aliphatic carbocycles. The Hall–Kier alpha value is -1.09. The van der Waals surface area contributed by atoms with Crippen molar-refractivity contribution >= 4 is 5.82 Å². The highest BCUT2D eigenvalue weighted by molar-refractivity contribution is 5.40. The molecule has 2 saturated carbocycles. The third-order valence-corrected chi connectivity index (χ3v) is 5.04. The Morgan fingerprint density at radius 2 is 2.26 bits per heavy atom. The summed E-state index contributed by atoms with van der Waals surface area (Å²) in [6, 6.07) is 3.90. The van der Waals surface area contributed by atoms with Crippen molar-refractivity contribution in [1.82, 2.24) is 4.98 Å². The Morgan fingerprint density at radius 1 is 1.42 bits per heavy atom. The minimum atomic E-state index is -0.419. The predicted octanol–water partition coefficient (Wildman–Crippen LogP) is 3.01. The summed E-state index contributed by atoms with van der Waals surface area (Å²) >= 11 is 0. The third kappa shape index (κ3) is 2.62. The lowest BCUT2D eigenvalue weighted by atomic mass is 9.88. The lowest BCUT2D eigenvalue weighted by molar-refractivity contribution is 0.199. The van der Waals surface area contributed by atoms with Gasteiger partial charge in [0.25, 0.3) is 0 Å². The minimum absolute atomic E-state index is 0.419. The van der Waals surface area contributed by atoms with Crippen LogP contribution >= 0.6 is 0 Å². The maximum atomic E-state index is 9.65. The van der Waals surface area contributed by atoms with Crippen molar-refractivity contribution in [3.63, 3.8) is 0 Å². The second kappa shape index (κ2) is 5.12.